The fourth-order valence-corrected chi connectivity index (χ4v) is 2.34. The van der Waals surface area contributed by atoms with Gasteiger partial charge in [-0.1, -0.05) is 19.1 Å². The average Bonchev–Trinajstić information content (AvgIpc) is 2.92. The Morgan fingerprint density at radius 2 is 2.10 bits per heavy atom. The Kier molecular flexibility index (Phi) is 3.74. The topological polar surface area (TPSA) is 42.7 Å². The highest BCUT2D eigenvalue weighted by molar-refractivity contribution is 5.77. The molecule has 0 aliphatic carbocycles. The lowest BCUT2D eigenvalue weighted by Gasteiger charge is -2.11. The Morgan fingerprint density at radius 3 is 3.00 bits per heavy atom. The van der Waals surface area contributed by atoms with Crippen LogP contribution < -0.4 is 5.32 Å². The summed E-state index contributed by atoms with van der Waals surface area (Å²) in [5.74, 6) is 0. The predicted molar refractivity (Wildman–Crippen MR) is 80.9 cm³/mol. The summed E-state index contributed by atoms with van der Waals surface area (Å²) in [6.07, 6.45) is 6.76. The molecule has 0 aliphatic rings. The second-order valence-corrected chi connectivity index (χ2v) is 4.78. The van der Waals surface area contributed by atoms with E-state index >= 15 is 0 Å². The van der Waals surface area contributed by atoms with Crippen LogP contribution >= 0.6 is 0 Å². The minimum absolute atomic E-state index is 0.823. The minimum Gasteiger partial charge on any atom is -0.313 e. The Hall–Kier alpha value is -2.20. The van der Waals surface area contributed by atoms with Crippen LogP contribution in [0.3, 0.4) is 0 Å². The monoisotopic (exact) mass is 266 g/mol. The van der Waals surface area contributed by atoms with Gasteiger partial charge in [0.25, 0.3) is 0 Å². The zero-order valence-corrected chi connectivity index (χ0v) is 11.6. The maximum Gasteiger partial charge on any atom is 0.100 e. The zero-order chi connectivity index (χ0) is 13.8. The van der Waals surface area contributed by atoms with Crippen LogP contribution in [0.25, 0.3) is 16.7 Å². The van der Waals surface area contributed by atoms with Crippen LogP contribution in [0.1, 0.15) is 18.9 Å². The number of imidazole rings is 1. The van der Waals surface area contributed by atoms with Crippen molar-refractivity contribution in [3.05, 3.63) is 54.6 Å². The first kappa shape index (κ1) is 12.8. The molecular weight excluding hydrogens is 248 g/mol. The number of rotatable bonds is 5. The van der Waals surface area contributed by atoms with Crippen LogP contribution in [0.15, 0.2) is 49.1 Å². The van der Waals surface area contributed by atoms with Gasteiger partial charge in [-0.15, -0.1) is 0 Å². The van der Waals surface area contributed by atoms with Crippen molar-refractivity contribution >= 4 is 11.0 Å². The van der Waals surface area contributed by atoms with Gasteiger partial charge in [-0.2, -0.15) is 0 Å². The van der Waals surface area contributed by atoms with E-state index in [1.165, 1.54) is 5.56 Å². The summed E-state index contributed by atoms with van der Waals surface area (Å²) in [6.45, 7) is 4.00. The Bertz CT molecular complexity index is 702. The fraction of sp³-hybridized carbons (Fsp3) is 0.250. The van der Waals surface area contributed by atoms with Gasteiger partial charge in [0.1, 0.15) is 6.33 Å². The van der Waals surface area contributed by atoms with Crippen molar-refractivity contribution in [3.8, 4) is 5.69 Å². The maximum atomic E-state index is 4.45. The number of benzene rings is 1. The Labute approximate surface area is 118 Å². The lowest BCUT2D eigenvalue weighted by molar-refractivity contribution is 0.671. The first-order valence-electron chi connectivity index (χ1n) is 6.96. The van der Waals surface area contributed by atoms with Gasteiger partial charge in [0.05, 0.1) is 16.7 Å². The number of para-hydroxylation sites is 2. The first-order valence-corrected chi connectivity index (χ1v) is 6.96. The number of fused-ring (bicyclic) bond motifs is 1. The largest absolute Gasteiger partial charge is 0.313 e. The highest BCUT2D eigenvalue weighted by Crippen LogP contribution is 2.20. The Morgan fingerprint density at radius 1 is 1.20 bits per heavy atom. The molecule has 1 aromatic carbocycles. The smallest absolute Gasteiger partial charge is 0.100 e. The second kappa shape index (κ2) is 5.84. The lowest BCUT2D eigenvalue weighted by Crippen LogP contribution is -2.15. The number of hydrogen-bond acceptors (Lipinski definition) is 3. The molecule has 0 spiro atoms. The van der Waals surface area contributed by atoms with E-state index in [4.69, 9.17) is 0 Å². The summed E-state index contributed by atoms with van der Waals surface area (Å²) in [4.78, 5) is 8.70. The maximum absolute atomic E-state index is 4.45. The summed E-state index contributed by atoms with van der Waals surface area (Å²) in [6, 6.07) is 10.2. The molecule has 0 saturated heterocycles. The molecule has 0 unspecified atom stereocenters. The van der Waals surface area contributed by atoms with E-state index in [-0.39, 0.29) is 0 Å². The third-order valence-electron chi connectivity index (χ3n) is 3.33. The molecule has 0 saturated carbocycles. The molecule has 0 amide bonds. The highest BCUT2D eigenvalue weighted by atomic mass is 15.1. The van der Waals surface area contributed by atoms with E-state index in [9.17, 15) is 0 Å². The van der Waals surface area contributed by atoms with Crippen molar-refractivity contribution in [2.45, 2.75) is 19.9 Å². The van der Waals surface area contributed by atoms with Crippen molar-refractivity contribution in [2.24, 2.45) is 0 Å². The van der Waals surface area contributed by atoms with E-state index < -0.39 is 0 Å². The summed E-state index contributed by atoms with van der Waals surface area (Å²) in [5, 5.41) is 3.43. The summed E-state index contributed by atoms with van der Waals surface area (Å²) in [5.41, 5.74) is 4.45. The molecule has 1 N–H and O–H groups in total. The summed E-state index contributed by atoms with van der Waals surface area (Å²) in [7, 11) is 0. The molecule has 102 valence electrons. The molecule has 0 atom stereocenters. The molecule has 0 radical (unpaired) electrons. The predicted octanol–water partition coefficient (Wildman–Crippen LogP) is 2.92. The minimum atomic E-state index is 0.823. The SMILES string of the molecule is CCCNCc1cnccc1-n1cnc2ccccc21. The van der Waals surface area contributed by atoms with Crippen molar-refractivity contribution in [1.82, 2.24) is 19.9 Å². The molecule has 20 heavy (non-hydrogen) atoms. The molecule has 0 bridgehead atoms. The molecule has 4 nitrogen and oxygen atoms in total. The fourth-order valence-electron chi connectivity index (χ4n) is 2.34. The molecular formula is C16H18N4. The third-order valence-corrected chi connectivity index (χ3v) is 3.33. The lowest BCUT2D eigenvalue weighted by atomic mass is 10.2. The van der Waals surface area contributed by atoms with Crippen LogP contribution in [-0.4, -0.2) is 21.1 Å². The van der Waals surface area contributed by atoms with Crippen LogP contribution in [-0.2, 0) is 6.54 Å². The highest BCUT2D eigenvalue weighted by Gasteiger charge is 2.08. The van der Waals surface area contributed by atoms with E-state index in [0.29, 0.717) is 0 Å². The average molecular weight is 266 g/mol. The van der Waals surface area contributed by atoms with Crippen LogP contribution in [0, 0.1) is 0 Å². The number of nitrogens with one attached hydrogen (secondary N) is 1. The second-order valence-electron chi connectivity index (χ2n) is 4.78. The van der Waals surface area contributed by atoms with E-state index in [1.54, 1.807) is 0 Å². The van der Waals surface area contributed by atoms with Gasteiger partial charge in [-0.25, -0.2) is 4.98 Å². The van der Waals surface area contributed by atoms with E-state index in [0.717, 1.165) is 36.2 Å². The zero-order valence-electron chi connectivity index (χ0n) is 11.6. The van der Waals surface area contributed by atoms with Crippen molar-refractivity contribution in [1.29, 1.82) is 0 Å². The van der Waals surface area contributed by atoms with Crippen LogP contribution in [0.5, 0.6) is 0 Å². The molecule has 0 fully saturated rings. The number of nitrogens with zero attached hydrogens (tertiary/aromatic N) is 3. The molecule has 0 aliphatic heterocycles. The van der Waals surface area contributed by atoms with Crippen LogP contribution in [0.2, 0.25) is 0 Å². The van der Waals surface area contributed by atoms with Crippen molar-refractivity contribution in [3.63, 3.8) is 0 Å². The van der Waals surface area contributed by atoms with Crippen molar-refractivity contribution in [2.75, 3.05) is 6.54 Å². The molecule has 2 aromatic heterocycles. The Balaban J connectivity index is 2.01. The van der Waals surface area contributed by atoms with Gasteiger partial charge in [0.15, 0.2) is 0 Å². The molecule has 4 heteroatoms. The number of pyridine rings is 1. The number of aromatic nitrogens is 3. The van der Waals surface area contributed by atoms with Gasteiger partial charge in [-0.3, -0.25) is 9.55 Å². The normalized spacial score (nSPS) is 11.1. The standard InChI is InChI=1S/C16H18N4/c1-2-8-17-10-13-11-18-9-7-15(13)20-12-19-14-5-3-4-6-16(14)20/h3-7,9,11-12,17H,2,8,10H2,1H3. The van der Waals surface area contributed by atoms with Gasteiger partial charge < -0.3 is 5.32 Å². The molecule has 2 heterocycles. The number of hydrogen-bond donors (Lipinski definition) is 1. The van der Waals surface area contributed by atoms with Gasteiger partial charge in [-0.05, 0) is 31.2 Å². The van der Waals surface area contributed by atoms with Crippen molar-refractivity contribution < 1.29 is 0 Å². The van der Waals surface area contributed by atoms with Gasteiger partial charge in [0.2, 0.25) is 0 Å². The van der Waals surface area contributed by atoms with Crippen LogP contribution in [0.4, 0.5) is 0 Å². The van der Waals surface area contributed by atoms with Gasteiger partial charge in [0, 0.05) is 24.5 Å². The molecule has 3 rings (SSSR count). The van der Waals surface area contributed by atoms with E-state index in [2.05, 4.69) is 32.8 Å². The van der Waals surface area contributed by atoms with Gasteiger partial charge >= 0.3 is 0 Å². The van der Waals surface area contributed by atoms with E-state index in [1.807, 2.05) is 43.0 Å². The summed E-state index contributed by atoms with van der Waals surface area (Å²) < 4.78 is 2.12. The molecule has 3 aromatic rings. The quantitative estimate of drug-likeness (QED) is 0.722. The third kappa shape index (κ3) is 2.42. The summed E-state index contributed by atoms with van der Waals surface area (Å²) >= 11 is 0. The first-order chi connectivity index (χ1) is 9.90.